The number of carbonyl (C=O) groups is 1. The van der Waals surface area contributed by atoms with E-state index in [1.807, 2.05) is 6.07 Å². The fourth-order valence-corrected chi connectivity index (χ4v) is 2.68. The fraction of sp³-hybridized carbons (Fsp3) is 0.500. The van der Waals surface area contributed by atoms with Gasteiger partial charge in [0, 0.05) is 18.8 Å². The van der Waals surface area contributed by atoms with Crippen molar-refractivity contribution in [2.45, 2.75) is 19.8 Å². The molecular formula is C14H20ClN3O. The second-order valence-electron chi connectivity index (χ2n) is 5.50. The zero-order valence-corrected chi connectivity index (χ0v) is 11.9. The van der Waals surface area contributed by atoms with Crippen LogP contribution in [0, 0.1) is 5.41 Å². The average Bonchev–Trinajstić information content (AvgIpc) is 2.37. The quantitative estimate of drug-likeness (QED) is 0.793. The number of hydrogen-bond donors (Lipinski definition) is 3. The molecule has 1 saturated heterocycles. The number of amides is 1. The summed E-state index contributed by atoms with van der Waals surface area (Å²) in [6, 6.07) is 5.25. The lowest BCUT2D eigenvalue weighted by Crippen LogP contribution is -2.42. The van der Waals surface area contributed by atoms with E-state index < -0.39 is 5.91 Å². The van der Waals surface area contributed by atoms with Gasteiger partial charge in [-0.3, -0.25) is 4.79 Å². The fourth-order valence-electron chi connectivity index (χ4n) is 2.41. The number of hydrogen-bond acceptors (Lipinski definition) is 3. The third kappa shape index (κ3) is 3.61. The highest BCUT2D eigenvalue weighted by Crippen LogP contribution is 2.27. The molecule has 1 heterocycles. The molecule has 104 valence electrons. The van der Waals surface area contributed by atoms with Crippen molar-refractivity contribution in [3.8, 4) is 0 Å². The van der Waals surface area contributed by atoms with E-state index in [4.69, 9.17) is 17.3 Å². The minimum absolute atomic E-state index is 0.257. The number of halogens is 1. The van der Waals surface area contributed by atoms with Crippen LogP contribution in [0.15, 0.2) is 18.2 Å². The summed E-state index contributed by atoms with van der Waals surface area (Å²) >= 11 is 6.03. The van der Waals surface area contributed by atoms with Gasteiger partial charge in [-0.1, -0.05) is 18.5 Å². The smallest absolute Gasteiger partial charge is 0.250 e. The topological polar surface area (TPSA) is 67.1 Å². The van der Waals surface area contributed by atoms with Gasteiger partial charge in [0.2, 0.25) is 5.91 Å². The molecule has 19 heavy (non-hydrogen) atoms. The van der Waals surface area contributed by atoms with Crippen molar-refractivity contribution >= 4 is 23.2 Å². The Morgan fingerprint density at radius 1 is 1.58 bits per heavy atom. The van der Waals surface area contributed by atoms with E-state index in [1.54, 1.807) is 12.1 Å². The lowest BCUT2D eigenvalue weighted by molar-refractivity contribution is 0.100. The third-order valence-corrected chi connectivity index (χ3v) is 3.95. The number of anilines is 1. The second kappa shape index (κ2) is 5.80. The molecule has 1 aromatic carbocycles. The van der Waals surface area contributed by atoms with Gasteiger partial charge in [-0.15, -0.1) is 0 Å². The number of benzene rings is 1. The van der Waals surface area contributed by atoms with Gasteiger partial charge in [-0.05, 0) is 43.0 Å². The predicted molar refractivity (Wildman–Crippen MR) is 78.7 cm³/mol. The van der Waals surface area contributed by atoms with Crippen molar-refractivity contribution in [3.63, 3.8) is 0 Å². The molecule has 1 fully saturated rings. The van der Waals surface area contributed by atoms with Crippen LogP contribution in [-0.2, 0) is 0 Å². The summed E-state index contributed by atoms with van der Waals surface area (Å²) in [5, 5.41) is 7.20. The van der Waals surface area contributed by atoms with Crippen LogP contribution in [0.2, 0.25) is 5.02 Å². The highest BCUT2D eigenvalue weighted by Gasteiger charge is 2.26. The molecule has 4 N–H and O–H groups in total. The second-order valence-corrected chi connectivity index (χ2v) is 5.91. The van der Waals surface area contributed by atoms with Crippen LogP contribution in [0.3, 0.4) is 0 Å². The molecule has 1 atom stereocenters. The molecule has 0 radical (unpaired) electrons. The molecule has 0 saturated carbocycles. The van der Waals surface area contributed by atoms with Crippen molar-refractivity contribution in [2.24, 2.45) is 11.1 Å². The first-order chi connectivity index (χ1) is 9.00. The van der Waals surface area contributed by atoms with E-state index >= 15 is 0 Å². The van der Waals surface area contributed by atoms with Gasteiger partial charge < -0.3 is 16.4 Å². The highest BCUT2D eigenvalue weighted by molar-refractivity contribution is 6.34. The molecule has 1 aliphatic rings. The van der Waals surface area contributed by atoms with Gasteiger partial charge >= 0.3 is 0 Å². The number of piperidine rings is 1. The number of nitrogens with one attached hydrogen (secondary N) is 2. The Hall–Kier alpha value is -1.26. The van der Waals surface area contributed by atoms with Crippen LogP contribution in [0.25, 0.3) is 0 Å². The van der Waals surface area contributed by atoms with Crippen molar-refractivity contribution in [3.05, 3.63) is 28.8 Å². The highest BCUT2D eigenvalue weighted by atomic mass is 35.5. The van der Waals surface area contributed by atoms with Crippen LogP contribution in [0.1, 0.15) is 30.1 Å². The molecule has 1 unspecified atom stereocenters. The van der Waals surface area contributed by atoms with E-state index in [0.717, 1.165) is 25.3 Å². The first-order valence-corrected chi connectivity index (χ1v) is 6.92. The molecule has 0 bridgehead atoms. The summed E-state index contributed by atoms with van der Waals surface area (Å²) in [6.45, 7) is 5.28. The van der Waals surface area contributed by atoms with E-state index in [0.29, 0.717) is 10.6 Å². The first-order valence-electron chi connectivity index (χ1n) is 6.54. The lowest BCUT2D eigenvalue weighted by atomic mass is 9.83. The van der Waals surface area contributed by atoms with E-state index in [-0.39, 0.29) is 5.41 Å². The molecular weight excluding hydrogens is 262 g/mol. The molecule has 1 aliphatic heterocycles. The summed E-state index contributed by atoms with van der Waals surface area (Å²) in [4.78, 5) is 11.1. The number of primary amides is 1. The predicted octanol–water partition coefficient (Wildman–Crippen LogP) is 2.24. The molecule has 0 spiro atoms. The van der Waals surface area contributed by atoms with Gasteiger partial charge in [0.15, 0.2) is 0 Å². The number of carbonyl (C=O) groups excluding carboxylic acids is 1. The first kappa shape index (κ1) is 14.2. The molecule has 0 aliphatic carbocycles. The van der Waals surface area contributed by atoms with Gasteiger partial charge in [0.25, 0.3) is 0 Å². The molecule has 1 aromatic rings. The van der Waals surface area contributed by atoms with E-state index in [9.17, 15) is 4.79 Å². The van der Waals surface area contributed by atoms with Crippen LogP contribution < -0.4 is 16.4 Å². The Balaban J connectivity index is 2.00. The van der Waals surface area contributed by atoms with Crippen LogP contribution in [-0.4, -0.2) is 25.5 Å². The minimum atomic E-state index is -0.500. The molecule has 2 rings (SSSR count). The minimum Gasteiger partial charge on any atom is -0.384 e. The van der Waals surface area contributed by atoms with Gasteiger partial charge in [-0.25, -0.2) is 0 Å². The molecule has 4 nitrogen and oxygen atoms in total. The zero-order valence-electron chi connectivity index (χ0n) is 11.1. The number of nitrogens with two attached hydrogens (primary N) is 1. The monoisotopic (exact) mass is 281 g/mol. The maximum absolute atomic E-state index is 11.1. The summed E-state index contributed by atoms with van der Waals surface area (Å²) in [6.07, 6.45) is 2.42. The van der Waals surface area contributed by atoms with Gasteiger partial charge in [-0.2, -0.15) is 0 Å². The van der Waals surface area contributed by atoms with Crippen molar-refractivity contribution < 1.29 is 4.79 Å². The summed E-state index contributed by atoms with van der Waals surface area (Å²) in [5.74, 6) is -0.500. The van der Waals surface area contributed by atoms with Gasteiger partial charge in [0.1, 0.15) is 0 Å². The largest absolute Gasteiger partial charge is 0.384 e. The van der Waals surface area contributed by atoms with Crippen LogP contribution in [0.5, 0.6) is 0 Å². The summed E-state index contributed by atoms with van der Waals surface area (Å²) in [5.41, 5.74) is 6.76. The molecule has 1 amide bonds. The van der Waals surface area contributed by atoms with Gasteiger partial charge in [0.05, 0.1) is 10.6 Å². The molecule has 0 aromatic heterocycles. The Bertz CT molecular complexity index is 470. The van der Waals surface area contributed by atoms with E-state index in [2.05, 4.69) is 17.6 Å². The van der Waals surface area contributed by atoms with Crippen LogP contribution >= 0.6 is 11.6 Å². The Labute approximate surface area is 118 Å². The average molecular weight is 282 g/mol. The van der Waals surface area contributed by atoms with Crippen molar-refractivity contribution in [1.82, 2.24) is 5.32 Å². The lowest BCUT2D eigenvalue weighted by Gasteiger charge is -2.34. The van der Waals surface area contributed by atoms with Crippen molar-refractivity contribution in [2.75, 3.05) is 25.0 Å². The number of rotatable bonds is 4. The maximum Gasteiger partial charge on any atom is 0.250 e. The SMILES string of the molecule is CC1(CNc2ccc(C(N)=O)c(Cl)c2)CCCNC1. The normalized spacial score (nSPS) is 23.1. The van der Waals surface area contributed by atoms with Crippen LogP contribution in [0.4, 0.5) is 5.69 Å². The molecule has 5 heteroatoms. The van der Waals surface area contributed by atoms with E-state index in [1.165, 1.54) is 12.8 Å². The third-order valence-electron chi connectivity index (χ3n) is 3.64. The summed E-state index contributed by atoms with van der Waals surface area (Å²) < 4.78 is 0. The Morgan fingerprint density at radius 2 is 2.37 bits per heavy atom. The Morgan fingerprint density at radius 3 is 2.95 bits per heavy atom. The maximum atomic E-state index is 11.1. The standard InChI is InChI=1S/C14H20ClN3O/c1-14(5-2-6-17-8-14)9-18-10-3-4-11(13(16)19)12(15)7-10/h3-4,7,17-18H,2,5-6,8-9H2,1H3,(H2,16,19). The van der Waals surface area contributed by atoms with Crippen molar-refractivity contribution in [1.29, 1.82) is 0 Å². The Kier molecular flexibility index (Phi) is 4.32. The zero-order chi connectivity index (χ0) is 13.9. The summed E-state index contributed by atoms with van der Waals surface area (Å²) in [7, 11) is 0.